The van der Waals surface area contributed by atoms with E-state index in [9.17, 15) is 14.3 Å². The first kappa shape index (κ1) is 20.5. The van der Waals surface area contributed by atoms with E-state index in [1.54, 1.807) is 29.2 Å². The predicted octanol–water partition coefficient (Wildman–Crippen LogP) is 3.66. The minimum absolute atomic E-state index is 0.0241. The highest BCUT2D eigenvalue weighted by molar-refractivity contribution is 6.30. The lowest BCUT2D eigenvalue weighted by molar-refractivity contribution is 0.0335. The first-order valence-electron chi connectivity index (χ1n) is 9.77. The van der Waals surface area contributed by atoms with Crippen molar-refractivity contribution in [3.05, 3.63) is 65.4 Å². The van der Waals surface area contributed by atoms with Gasteiger partial charge in [-0.25, -0.2) is 14.2 Å². The Morgan fingerprint density at radius 2 is 2.03 bits per heavy atom. The lowest BCUT2D eigenvalue weighted by Gasteiger charge is -2.18. The molecule has 2 heterocycles. The molecule has 0 radical (unpaired) electrons. The number of hydrogen-bond acceptors (Lipinski definition) is 6. The van der Waals surface area contributed by atoms with Crippen LogP contribution in [0.5, 0.6) is 0 Å². The Kier molecular flexibility index (Phi) is 5.68. The monoisotopic (exact) mass is 424 g/mol. The van der Waals surface area contributed by atoms with Crippen molar-refractivity contribution in [1.29, 1.82) is 5.41 Å². The second-order valence-electron chi connectivity index (χ2n) is 6.88. The van der Waals surface area contributed by atoms with Gasteiger partial charge in [0.25, 0.3) is 0 Å². The van der Waals surface area contributed by atoms with Crippen molar-refractivity contribution in [2.75, 3.05) is 31.3 Å². The number of fused-ring (bicyclic) bond motifs is 1. The van der Waals surface area contributed by atoms with E-state index in [1.807, 2.05) is 6.92 Å². The summed E-state index contributed by atoms with van der Waals surface area (Å²) in [4.78, 5) is 21.0. The van der Waals surface area contributed by atoms with Gasteiger partial charge in [0.05, 0.1) is 35.3 Å². The average molecular weight is 424 g/mol. The number of H-pyrrole nitrogens is 1. The van der Waals surface area contributed by atoms with Gasteiger partial charge in [-0.05, 0) is 49.4 Å². The third-order valence-corrected chi connectivity index (χ3v) is 4.86. The Morgan fingerprint density at radius 3 is 2.77 bits per heavy atom. The Bertz CT molecular complexity index is 1170. The highest BCUT2D eigenvalue weighted by Gasteiger charge is 2.31. The molecule has 0 atom stereocenters. The number of rotatable bonds is 7. The summed E-state index contributed by atoms with van der Waals surface area (Å²) in [6.07, 6.45) is 0. The fourth-order valence-electron chi connectivity index (χ4n) is 3.35. The molecule has 160 valence electrons. The number of aliphatic hydroxyl groups excluding tert-OH is 1. The minimum atomic E-state index is -0.459. The van der Waals surface area contributed by atoms with Crippen LogP contribution in [-0.2, 0) is 9.47 Å². The molecule has 0 bridgehead atoms. The van der Waals surface area contributed by atoms with Crippen molar-refractivity contribution in [3.8, 4) is 0 Å². The summed E-state index contributed by atoms with van der Waals surface area (Å²) in [6.45, 7) is 3.02. The second kappa shape index (κ2) is 8.57. The largest absolute Gasteiger partial charge is 0.509 e. The molecule has 0 aliphatic carbocycles. The van der Waals surface area contributed by atoms with Crippen LogP contribution in [-0.4, -0.2) is 53.2 Å². The summed E-state index contributed by atoms with van der Waals surface area (Å²) in [5.41, 5.74) is 2.27. The average Bonchev–Trinajstić information content (AvgIpc) is 3.30. The molecule has 1 aliphatic rings. The molecule has 1 aromatic heterocycles. The van der Waals surface area contributed by atoms with E-state index in [2.05, 4.69) is 9.97 Å². The molecule has 0 spiro atoms. The summed E-state index contributed by atoms with van der Waals surface area (Å²) in [5.74, 6) is -0.549. The number of aromatic amines is 1. The van der Waals surface area contributed by atoms with Crippen molar-refractivity contribution in [1.82, 2.24) is 9.97 Å². The van der Waals surface area contributed by atoms with E-state index < -0.39 is 11.8 Å². The lowest BCUT2D eigenvalue weighted by Crippen LogP contribution is -2.26. The summed E-state index contributed by atoms with van der Waals surface area (Å²) >= 11 is 0. The number of nitrogens with one attached hydrogen (secondary N) is 2. The summed E-state index contributed by atoms with van der Waals surface area (Å²) < 4.78 is 23.7. The highest BCUT2D eigenvalue weighted by Crippen LogP contribution is 2.31. The van der Waals surface area contributed by atoms with E-state index >= 15 is 0 Å². The van der Waals surface area contributed by atoms with Gasteiger partial charge in [0, 0.05) is 12.3 Å². The molecule has 9 heteroatoms. The normalized spacial score (nSPS) is 14.0. The van der Waals surface area contributed by atoms with Crippen LogP contribution in [0.1, 0.15) is 23.1 Å². The molecule has 31 heavy (non-hydrogen) atoms. The predicted molar refractivity (Wildman–Crippen MR) is 114 cm³/mol. The number of anilines is 1. The molecule has 3 aromatic rings. The Labute approximate surface area is 177 Å². The van der Waals surface area contributed by atoms with Crippen LogP contribution in [0.15, 0.2) is 48.2 Å². The molecule has 0 fully saturated rings. The Balaban J connectivity index is 1.49. The Morgan fingerprint density at radius 1 is 1.26 bits per heavy atom. The van der Waals surface area contributed by atoms with E-state index in [1.165, 1.54) is 18.2 Å². The molecule has 0 unspecified atom stereocenters. The zero-order valence-electron chi connectivity index (χ0n) is 16.8. The fourth-order valence-corrected chi connectivity index (χ4v) is 3.35. The summed E-state index contributed by atoms with van der Waals surface area (Å²) in [6, 6.07) is 10.7. The molecule has 0 saturated heterocycles. The number of aliphatic hydroxyl groups is 1. The van der Waals surface area contributed by atoms with Gasteiger partial charge in [0.15, 0.2) is 0 Å². The Hall–Kier alpha value is -3.72. The van der Waals surface area contributed by atoms with Crippen molar-refractivity contribution < 1.29 is 23.8 Å². The number of carbonyl (C=O) groups excluding carboxylic acids is 1. The van der Waals surface area contributed by atoms with Crippen LogP contribution in [0.4, 0.5) is 10.1 Å². The highest BCUT2D eigenvalue weighted by atomic mass is 19.1. The molecule has 0 amide bonds. The molecule has 4 rings (SSSR count). The van der Waals surface area contributed by atoms with Crippen molar-refractivity contribution >= 4 is 34.1 Å². The molecule has 1 aliphatic heterocycles. The third-order valence-electron chi connectivity index (χ3n) is 4.86. The quantitative estimate of drug-likeness (QED) is 0.394. The van der Waals surface area contributed by atoms with Gasteiger partial charge in [0.2, 0.25) is 0 Å². The minimum Gasteiger partial charge on any atom is -0.509 e. The van der Waals surface area contributed by atoms with Gasteiger partial charge >= 0.3 is 5.97 Å². The maximum absolute atomic E-state index is 13.5. The molecule has 2 aromatic carbocycles. The van der Waals surface area contributed by atoms with Crippen LogP contribution in [0.3, 0.4) is 0 Å². The number of carbonyl (C=O) groups is 1. The van der Waals surface area contributed by atoms with Gasteiger partial charge in [-0.2, -0.15) is 0 Å². The third kappa shape index (κ3) is 4.13. The zero-order valence-corrected chi connectivity index (χ0v) is 16.8. The topological polar surface area (TPSA) is 112 Å². The second-order valence-corrected chi connectivity index (χ2v) is 6.88. The molecule has 3 N–H and O–H groups in total. The van der Waals surface area contributed by atoms with Gasteiger partial charge in [0.1, 0.15) is 29.8 Å². The van der Waals surface area contributed by atoms with E-state index in [0.29, 0.717) is 41.3 Å². The smallest absolute Gasteiger partial charge is 0.338 e. The van der Waals surface area contributed by atoms with Gasteiger partial charge in [-0.15, -0.1) is 0 Å². The molecule has 8 nitrogen and oxygen atoms in total. The number of nitrogens with zero attached hydrogens (tertiary/aromatic N) is 2. The van der Waals surface area contributed by atoms with E-state index in [4.69, 9.17) is 14.9 Å². The maximum atomic E-state index is 13.5. The number of benzene rings is 2. The summed E-state index contributed by atoms with van der Waals surface area (Å²) in [7, 11) is 0. The maximum Gasteiger partial charge on any atom is 0.338 e. The van der Waals surface area contributed by atoms with Crippen LogP contribution >= 0.6 is 0 Å². The number of esters is 1. The van der Waals surface area contributed by atoms with Gasteiger partial charge in [-0.3, -0.25) is 5.41 Å². The van der Waals surface area contributed by atoms with Crippen molar-refractivity contribution in [3.63, 3.8) is 0 Å². The van der Waals surface area contributed by atoms with Gasteiger partial charge in [-0.1, -0.05) is 0 Å². The van der Waals surface area contributed by atoms with Crippen LogP contribution in [0.2, 0.25) is 0 Å². The zero-order chi connectivity index (χ0) is 22.0. The van der Waals surface area contributed by atoms with Crippen LogP contribution in [0.25, 0.3) is 16.6 Å². The lowest BCUT2D eigenvalue weighted by atomic mass is 10.2. The fraction of sp³-hybridized carbons (Fsp3) is 0.227. The number of hydrogen-bond donors (Lipinski definition) is 3. The molecule has 0 saturated carbocycles. The number of aromatic nitrogens is 2. The van der Waals surface area contributed by atoms with Gasteiger partial charge < -0.3 is 24.5 Å². The standard InChI is InChI=1S/C22H21FN4O4/c1-2-30-9-10-31-22(29)13-3-6-15(7-4-13)27-12-18(28)19(20(27)24)21-25-16-8-5-14(23)11-17(16)26-21/h3-8,11,24,28H,2,9-10,12H2,1H3,(H,25,26). The number of ether oxygens (including phenoxy) is 2. The van der Waals surface area contributed by atoms with Crippen molar-refractivity contribution in [2.45, 2.75) is 6.92 Å². The van der Waals surface area contributed by atoms with E-state index in [0.717, 1.165) is 0 Å². The van der Waals surface area contributed by atoms with Crippen LogP contribution in [0, 0.1) is 11.2 Å². The summed E-state index contributed by atoms with van der Waals surface area (Å²) in [5, 5.41) is 19.0. The number of amidine groups is 1. The van der Waals surface area contributed by atoms with Crippen LogP contribution < -0.4 is 4.90 Å². The first-order valence-corrected chi connectivity index (χ1v) is 9.77. The SMILES string of the molecule is CCOCCOC(=O)c1ccc(N2CC(O)=C(c3nc4ccc(F)cc4[nH]3)C2=N)cc1. The first-order chi connectivity index (χ1) is 15.0. The number of halogens is 1. The van der Waals surface area contributed by atoms with E-state index in [-0.39, 0.29) is 30.3 Å². The van der Waals surface area contributed by atoms with Crippen molar-refractivity contribution in [2.24, 2.45) is 0 Å². The number of imidazole rings is 1. The molecular formula is C22H21FN4O4. The molecular weight excluding hydrogens is 403 g/mol.